The van der Waals surface area contributed by atoms with E-state index in [9.17, 15) is 4.79 Å². The van der Waals surface area contributed by atoms with E-state index < -0.39 is 5.97 Å². The smallest absolute Gasteiger partial charge is 0.333 e. The van der Waals surface area contributed by atoms with Gasteiger partial charge < -0.3 is 9.84 Å². The van der Waals surface area contributed by atoms with Crippen LogP contribution in [0.25, 0.3) is 0 Å². The largest absolute Gasteiger partial charge is 0.460 e. The fraction of sp³-hybridized carbons (Fsp3) is 0.250. The number of hydrogen-bond acceptors (Lipinski definition) is 3. The monoisotopic (exact) mass is 208 g/mol. The van der Waals surface area contributed by atoms with Gasteiger partial charge in [-0.1, -0.05) is 43.0 Å². The van der Waals surface area contributed by atoms with E-state index in [1.807, 2.05) is 36.4 Å². The molecule has 0 saturated carbocycles. The maximum Gasteiger partial charge on any atom is 0.333 e. The van der Waals surface area contributed by atoms with Gasteiger partial charge >= 0.3 is 5.97 Å². The summed E-state index contributed by atoms with van der Waals surface area (Å²) in [6.07, 6.45) is 0. The van der Waals surface area contributed by atoms with E-state index in [2.05, 4.69) is 11.3 Å². The zero-order chi connectivity index (χ0) is 11.5. The highest BCUT2D eigenvalue weighted by atomic mass is 16.5. The van der Waals surface area contributed by atoms with Crippen LogP contribution >= 0.6 is 0 Å². The first kappa shape index (κ1) is 13.4. The Balaban J connectivity index is 0.000000280. The van der Waals surface area contributed by atoms with Gasteiger partial charge in [-0.3, -0.25) is 0 Å². The third kappa shape index (κ3) is 8.71. The number of benzene rings is 1. The van der Waals surface area contributed by atoms with Gasteiger partial charge in [-0.15, -0.1) is 0 Å². The number of hydrogen-bond donors (Lipinski definition) is 1. The van der Waals surface area contributed by atoms with Gasteiger partial charge in [-0.25, -0.2) is 4.79 Å². The van der Waals surface area contributed by atoms with Gasteiger partial charge in [0.1, 0.15) is 6.61 Å². The normalized spacial score (nSPS) is 8.40. The van der Waals surface area contributed by atoms with Gasteiger partial charge in [0.2, 0.25) is 0 Å². The highest BCUT2D eigenvalue weighted by Gasteiger charge is 1.99. The quantitative estimate of drug-likeness (QED) is 0.608. The van der Waals surface area contributed by atoms with Crippen LogP contribution in [0.15, 0.2) is 48.6 Å². The standard InChI is InChI=1S/C6H10O3.C6H6/c1-5(2)6(8)9-4-3-7;1-2-4-6-5-3-1/h7H,1,3-4H2,2H3;1-6H. The second kappa shape index (κ2) is 8.97. The summed E-state index contributed by atoms with van der Waals surface area (Å²) in [7, 11) is 0. The van der Waals surface area contributed by atoms with Crippen LogP contribution in [0.2, 0.25) is 0 Å². The highest BCUT2D eigenvalue weighted by Crippen LogP contribution is 1.89. The Morgan fingerprint density at radius 3 is 1.87 bits per heavy atom. The van der Waals surface area contributed by atoms with Gasteiger partial charge in [-0.05, 0) is 6.92 Å². The predicted octanol–water partition coefficient (Wildman–Crippen LogP) is 1.78. The maximum absolute atomic E-state index is 10.5. The molecule has 1 rings (SSSR count). The van der Waals surface area contributed by atoms with E-state index in [0.29, 0.717) is 5.57 Å². The van der Waals surface area contributed by atoms with Crippen LogP contribution in [0, 0.1) is 0 Å². The number of aliphatic hydroxyl groups excluding tert-OH is 1. The van der Waals surface area contributed by atoms with Crippen LogP contribution in [0.1, 0.15) is 6.92 Å². The molecule has 3 heteroatoms. The predicted molar refractivity (Wildman–Crippen MR) is 59.3 cm³/mol. The van der Waals surface area contributed by atoms with Gasteiger partial charge in [0.05, 0.1) is 6.61 Å². The van der Waals surface area contributed by atoms with Gasteiger partial charge in [-0.2, -0.15) is 0 Å². The van der Waals surface area contributed by atoms with E-state index >= 15 is 0 Å². The summed E-state index contributed by atoms with van der Waals surface area (Å²) < 4.78 is 4.46. The van der Waals surface area contributed by atoms with E-state index in [0.717, 1.165) is 0 Å². The zero-order valence-electron chi connectivity index (χ0n) is 8.85. The molecule has 0 fully saturated rings. The first-order chi connectivity index (χ1) is 7.18. The van der Waals surface area contributed by atoms with E-state index in [1.165, 1.54) is 0 Å². The summed E-state index contributed by atoms with van der Waals surface area (Å²) in [5, 5.41) is 8.19. The van der Waals surface area contributed by atoms with Crippen molar-refractivity contribution in [3.63, 3.8) is 0 Å². The minimum absolute atomic E-state index is 0.0473. The molecule has 0 atom stereocenters. The van der Waals surface area contributed by atoms with Crippen molar-refractivity contribution in [2.45, 2.75) is 6.92 Å². The Morgan fingerprint density at radius 1 is 1.20 bits per heavy atom. The van der Waals surface area contributed by atoms with E-state index in [-0.39, 0.29) is 13.2 Å². The molecule has 82 valence electrons. The maximum atomic E-state index is 10.5. The molecule has 15 heavy (non-hydrogen) atoms. The number of rotatable bonds is 3. The first-order valence-electron chi connectivity index (χ1n) is 4.62. The van der Waals surface area contributed by atoms with Crippen molar-refractivity contribution in [2.24, 2.45) is 0 Å². The summed E-state index contributed by atoms with van der Waals surface area (Å²) in [4.78, 5) is 10.5. The molecule has 0 aliphatic rings. The molecule has 0 amide bonds. The number of esters is 1. The summed E-state index contributed by atoms with van der Waals surface area (Å²) in [6.45, 7) is 4.81. The lowest BCUT2D eigenvalue weighted by Gasteiger charge is -1.99. The number of ether oxygens (including phenoxy) is 1. The molecule has 0 saturated heterocycles. The van der Waals surface area contributed by atoms with Crippen LogP contribution in [0.4, 0.5) is 0 Å². The third-order valence-corrected chi connectivity index (χ3v) is 1.34. The minimum atomic E-state index is -0.455. The molecule has 0 spiro atoms. The van der Waals surface area contributed by atoms with Crippen molar-refractivity contribution in [1.29, 1.82) is 0 Å². The lowest BCUT2D eigenvalue weighted by Crippen LogP contribution is -2.08. The fourth-order valence-electron chi connectivity index (χ4n) is 0.646. The summed E-state index contributed by atoms with van der Waals surface area (Å²) in [6, 6.07) is 12.0. The Kier molecular flexibility index (Phi) is 8.00. The Labute approximate surface area is 90.0 Å². The topological polar surface area (TPSA) is 46.5 Å². The first-order valence-corrected chi connectivity index (χ1v) is 4.62. The third-order valence-electron chi connectivity index (χ3n) is 1.34. The molecule has 1 N–H and O–H groups in total. The molecule has 0 aliphatic heterocycles. The molecule has 0 unspecified atom stereocenters. The average molecular weight is 208 g/mol. The van der Waals surface area contributed by atoms with E-state index in [1.54, 1.807) is 6.92 Å². The average Bonchev–Trinajstić information content (AvgIpc) is 2.29. The molecule has 1 aromatic rings. The molecule has 0 bridgehead atoms. The SMILES string of the molecule is C=C(C)C(=O)OCCO.c1ccccc1. The van der Waals surface area contributed by atoms with E-state index in [4.69, 9.17) is 5.11 Å². The fourth-order valence-corrected chi connectivity index (χ4v) is 0.646. The Hall–Kier alpha value is -1.61. The lowest BCUT2D eigenvalue weighted by molar-refractivity contribution is -0.139. The summed E-state index contributed by atoms with van der Waals surface area (Å²) in [5.41, 5.74) is 0.350. The molecule has 1 aromatic carbocycles. The molecular formula is C12H16O3. The second-order valence-electron chi connectivity index (χ2n) is 2.79. The Morgan fingerprint density at radius 2 is 1.60 bits per heavy atom. The van der Waals surface area contributed by atoms with Crippen LogP contribution in [0.3, 0.4) is 0 Å². The second-order valence-corrected chi connectivity index (χ2v) is 2.79. The number of aliphatic hydroxyl groups is 1. The zero-order valence-corrected chi connectivity index (χ0v) is 8.85. The number of carbonyl (C=O) groups excluding carboxylic acids is 1. The van der Waals surface area contributed by atoms with Crippen molar-refractivity contribution >= 4 is 5.97 Å². The molecule has 0 aliphatic carbocycles. The highest BCUT2D eigenvalue weighted by molar-refractivity contribution is 5.86. The van der Waals surface area contributed by atoms with Crippen molar-refractivity contribution in [3.8, 4) is 0 Å². The van der Waals surface area contributed by atoms with Crippen LogP contribution < -0.4 is 0 Å². The molecule has 0 aromatic heterocycles. The summed E-state index contributed by atoms with van der Waals surface area (Å²) >= 11 is 0. The van der Waals surface area contributed by atoms with Crippen molar-refractivity contribution < 1.29 is 14.6 Å². The van der Waals surface area contributed by atoms with Gasteiger partial charge in [0.15, 0.2) is 0 Å². The molecule has 0 radical (unpaired) electrons. The minimum Gasteiger partial charge on any atom is -0.460 e. The van der Waals surface area contributed by atoms with Crippen LogP contribution in [-0.2, 0) is 9.53 Å². The van der Waals surface area contributed by atoms with Crippen molar-refractivity contribution in [1.82, 2.24) is 0 Å². The van der Waals surface area contributed by atoms with Crippen LogP contribution in [0.5, 0.6) is 0 Å². The van der Waals surface area contributed by atoms with Gasteiger partial charge in [0, 0.05) is 5.57 Å². The molecular weight excluding hydrogens is 192 g/mol. The number of carbonyl (C=O) groups is 1. The summed E-state index contributed by atoms with van der Waals surface area (Å²) in [5.74, 6) is -0.455. The van der Waals surface area contributed by atoms with Crippen molar-refractivity contribution in [3.05, 3.63) is 48.6 Å². The van der Waals surface area contributed by atoms with Crippen molar-refractivity contribution in [2.75, 3.05) is 13.2 Å². The van der Waals surface area contributed by atoms with Crippen LogP contribution in [-0.4, -0.2) is 24.3 Å². The Bertz CT molecular complexity index is 253. The lowest BCUT2D eigenvalue weighted by atomic mass is 10.4. The molecule has 0 heterocycles. The molecule has 3 nitrogen and oxygen atoms in total. The van der Waals surface area contributed by atoms with Gasteiger partial charge in [0.25, 0.3) is 0 Å².